The van der Waals surface area contributed by atoms with Gasteiger partial charge in [-0.2, -0.15) is 0 Å². The zero-order valence-electron chi connectivity index (χ0n) is 14.6. The molecule has 25 heavy (non-hydrogen) atoms. The first-order chi connectivity index (χ1) is 12.2. The number of para-hydroxylation sites is 2. The number of aromatic nitrogens is 2. The molecule has 2 amide bonds. The normalized spacial score (nSPS) is 14.5. The molecule has 132 valence electrons. The lowest BCUT2D eigenvalue weighted by Crippen LogP contribution is -2.32. The zero-order valence-corrected chi connectivity index (χ0v) is 14.6. The van der Waals surface area contributed by atoms with Gasteiger partial charge in [-0.1, -0.05) is 18.2 Å². The summed E-state index contributed by atoms with van der Waals surface area (Å²) in [5, 5.41) is 2.84. The SMILES string of the molecule is C/C=C/C(=O)NCCc1nc2ccccc2n1CC(=O)N1CCCC1. The fourth-order valence-electron chi connectivity index (χ4n) is 3.20. The average molecular weight is 340 g/mol. The van der Waals surface area contributed by atoms with Crippen LogP contribution >= 0.6 is 0 Å². The van der Waals surface area contributed by atoms with Gasteiger partial charge in [0.15, 0.2) is 0 Å². The molecule has 2 aromatic rings. The van der Waals surface area contributed by atoms with E-state index < -0.39 is 0 Å². The Hall–Kier alpha value is -2.63. The number of rotatable bonds is 6. The van der Waals surface area contributed by atoms with E-state index in [2.05, 4.69) is 10.3 Å². The highest BCUT2D eigenvalue weighted by Gasteiger charge is 2.20. The molecule has 1 aromatic heterocycles. The standard InChI is InChI=1S/C19H24N4O2/c1-2-7-18(24)20-11-10-17-21-15-8-3-4-9-16(15)23(17)14-19(25)22-12-5-6-13-22/h2-4,7-9H,5-6,10-14H2,1H3,(H,20,24)/b7-2+. The van der Waals surface area contributed by atoms with Crippen molar-refractivity contribution in [3.05, 3.63) is 42.2 Å². The van der Waals surface area contributed by atoms with Gasteiger partial charge in [-0.25, -0.2) is 4.98 Å². The third-order valence-electron chi connectivity index (χ3n) is 4.45. The first-order valence-corrected chi connectivity index (χ1v) is 8.81. The number of carbonyl (C=O) groups excluding carboxylic acids is 2. The number of hydrogen-bond donors (Lipinski definition) is 1. The fraction of sp³-hybridized carbons (Fsp3) is 0.421. The van der Waals surface area contributed by atoms with E-state index in [1.54, 1.807) is 6.08 Å². The molecule has 6 nitrogen and oxygen atoms in total. The maximum atomic E-state index is 12.6. The summed E-state index contributed by atoms with van der Waals surface area (Å²) >= 11 is 0. The third kappa shape index (κ3) is 4.07. The Bertz CT molecular complexity index is 788. The van der Waals surface area contributed by atoms with Crippen LogP contribution in [0.5, 0.6) is 0 Å². The van der Waals surface area contributed by atoms with E-state index in [0.717, 1.165) is 42.8 Å². The second-order valence-electron chi connectivity index (χ2n) is 6.23. The van der Waals surface area contributed by atoms with Gasteiger partial charge >= 0.3 is 0 Å². The highest BCUT2D eigenvalue weighted by molar-refractivity contribution is 5.87. The van der Waals surface area contributed by atoms with E-state index in [1.165, 1.54) is 6.08 Å². The summed E-state index contributed by atoms with van der Waals surface area (Å²) in [6.45, 7) is 4.30. The van der Waals surface area contributed by atoms with Gasteiger partial charge in [-0.15, -0.1) is 0 Å². The van der Waals surface area contributed by atoms with Gasteiger partial charge in [0.2, 0.25) is 11.8 Å². The Balaban J connectivity index is 1.76. The number of benzene rings is 1. The minimum atomic E-state index is -0.113. The molecule has 1 aliphatic rings. The maximum absolute atomic E-state index is 12.6. The number of amides is 2. The molecule has 3 rings (SSSR count). The topological polar surface area (TPSA) is 67.2 Å². The number of fused-ring (bicyclic) bond motifs is 1. The lowest BCUT2D eigenvalue weighted by molar-refractivity contribution is -0.130. The Morgan fingerprint density at radius 3 is 2.76 bits per heavy atom. The molecule has 1 aromatic carbocycles. The van der Waals surface area contributed by atoms with Crippen LogP contribution < -0.4 is 5.32 Å². The van der Waals surface area contributed by atoms with Gasteiger partial charge in [-0.05, 0) is 38.0 Å². The van der Waals surface area contributed by atoms with Gasteiger partial charge in [-0.3, -0.25) is 9.59 Å². The van der Waals surface area contributed by atoms with Crippen LogP contribution in [0.2, 0.25) is 0 Å². The van der Waals surface area contributed by atoms with Crippen LogP contribution in [-0.2, 0) is 22.6 Å². The predicted molar refractivity (Wildman–Crippen MR) is 97.1 cm³/mol. The quantitative estimate of drug-likeness (QED) is 0.817. The third-order valence-corrected chi connectivity index (χ3v) is 4.45. The van der Waals surface area contributed by atoms with E-state index in [4.69, 9.17) is 0 Å². The summed E-state index contributed by atoms with van der Waals surface area (Å²) in [4.78, 5) is 30.7. The van der Waals surface area contributed by atoms with Crippen LogP contribution in [0.15, 0.2) is 36.4 Å². The van der Waals surface area contributed by atoms with E-state index in [9.17, 15) is 9.59 Å². The second kappa shape index (κ2) is 7.96. The summed E-state index contributed by atoms with van der Waals surface area (Å²) < 4.78 is 1.98. The van der Waals surface area contributed by atoms with Crippen LogP contribution in [0.1, 0.15) is 25.6 Å². The molecule has 0 radical (unpaired) electrons. The molecule has 0 atom stereocenters. The lowest BCUT2D eigenvalue weighted by Gasteiger charge is -2.17. The van der Waals surface area contributed by atoms with Crippen molar-refractivity contribution < 1.29 is 9.59 Å². The van der Waals surface area contributed by atoms with Crippen LogP contribution in [0.4, 0.5) is 0 Å². The number of hydrogen-bond acceptors (Lipinski definition) is 3. The van der Waals surface area contributed by atoms with Crippen LogP contribution in [0, 0.1) is 0 Å². The van der Waals surface area contributed by atoms with Gasteiger partial charge in [0, 0.05) is 26.1 Å². The number of nitrogens with zero attached hydrogens (tertiary/aromatic N) is 3. The van der Waals surface area contributed by atoms with Crippen molar-refractivity contribution in [1.29, 1.82) is 0 Å². The summed E-state index contributed by atoms with van der Waals surface area (Å²) in [5.74, 6) is 0.854. The molecule has 0 bridgehead atoms. The van der Waals surface area contributed by atoms with Gasteiger partial charge in [0.05, 0.1) is 11.0 Å². The Kier molecular flexibility index (Phi) is 5.48. The summed E-state index contributed by atoms with van der Waals surface area (Å²) in [5.41, 5.74) is 1.84. The van der Waals surface area contributed by atoms with E-state index in [1.807, 2.05) is 40.7 Å². The van der Waals surface area contributed by atoms with Crippen LogP contribution in [0.25, 0.3) is 11.0 Å². The number of carbonyl (C=O) groups is 2. The molecule has 0 spiro atoms. The van der Waals surface area contributed by atoms with Crippen molar-refractivity contribution in [3.63, 3.8) is 0 Å². The molecular weight excluding hydrogens is 316 g/mol. The predicted octanol–water partition coefficient (Wildman–Crippen LogP) is 1.89. The molecular formula is C19H24N4O2. The highest BCUT2D eigenvalue weighted by Crippen LogP contribution is 2.17. The van der Waals surface area contributed by atoms with Crippen molar-refractivity contribution >= 4 is 22.8 Å². The lowest BCUT2D eigenvalue weighted by atomic mass is 10.3. The first kappa shape index (κ1) is 17.2. The summed E-state index contributed by atoms with van der Waals surface area (Å²) in [6, 6.07) is 7.84. The van der Waals surface area contributed by atoms with Crippen molar-refractivity contribution in [2.24, 2.45) is 0 Å². The van der Waals surface area contributed by atoms with E-state index in [-0.39, 0.29) is 11.8 Å². The van der Waals surface area contributed by atoms with Gasteiger partial charge in [0.1, 0.15) is 12.4 Å². The molecule has 1 saturated heterocycles. The molecule has 2 heterocycles. The average Bonchev–Trinajstić information content (AvgIpc) is 3.24. The molecule has 0 saturated carbocycles. The molecule has 6 heteroatoms. The molecule has 1 aliphatic heterocycles. The molecule has 0 unspecified atom stereocenters. The van der Waals surface area contributed by atoms with E-state index in [0.29, 0.717) is 19.5 Å². The Morgan fingerprint density at radius 2 is 2.00 bits per heavy atom. The van der Waals surface area contributed by atoms with E-state index >= 15 is 0 Å². The zero-order chi connectivity index (χ0) is 17.6. The molecule has 1 fully saturated rings. The van der Waals surface area contributed by atoms with Crippen molar-refractivity contribution in [3.8, 4) is 0 Å². The highest BCUT2D eigenvalue weighted by atomic mass is 16.2. The smallest absolute Gasteiger partial charge is 0.243 e. The second-order valence-corrected chi connectivity index (χ2v) is 6.23. The number of nitrogens with one attached hydrogen (secondary N) is 1. The largest absolute Gasteiger partial charge is 0.352 e. The number of allylic oxidation sites excluding steroid dienone is 1. The summed E-state index contributed by atoms with van der Waals surface area (Å²) in [7, 11) is 0. The minimum Gasteiger partial charge on any atom is -0.352 e. The van der Waals surface area contributed by atoms with Crippen molar-refractivity contribution in [1.82, 2.24) is 19.8 Å². The van der Waals surface area contributed by atoms with Gasteiger partial charge < -0.3 is 14.8 Å². The summed E-state index contributed by atoms with van der Waals surface area (Å²) in [6.07, 6.45) is 5.96. The molecule has 1 N–H and O–H groups in total. The number of likely N-dealkylation sites (tertiary alicyclic amines) is 1. The van der Waals surface area contributed by atoms with Crippen molar-refractivity contribution in [2.75, 3.05) is 19.6 Å². The first-order valence-electron chi connectivity index (χ1n) is 8.81. The number of imidazole rings is 1. The monoisotopic (exact) mass is 340 g/mol. The van der Waals surface area contributed by atoms with Crippen LogP contribution in [0.3, 0.4) is 0 Å². The van der Waals surface area contributed by atoms with Crippen LogP contribution in [-0.4, -0.2) is 45.9 Å². The Labute approximate surface area is 147 Å². The van der Waals surface area contributed by atoms with Crippen molar-refractivity contribution in [2.45, 2.75) is 32.7 Å². The fourth-order valence-corrected chi connectivity index (χ4v) is 3.20. The minimum absolute atomic E-state index is 0.113. The van der Waals surface area contributed by atoms with Gasteiger partial charge in [0.25, 0.3) is 0 Å². The Morgan fingerprint density at radius 1 is 1.24 bits per heavy atom. The maximum Gasteiger partial charge on any atom is 0.243 e. The molecule has 0 aliphatic carbocycles.